The molecular formula is C16H18ClNO2. The van der Waals surface area contributed by atoms with Crippen molar-refractivity contribution in [2.24, 2.45) is 0 Å². The highest BCUT2D eigenvalue weighted by atomic mass is 35.5. The van der Waals surface area contributed by atoms with Crippen molar-refractivity contribution in [2.75, 3.05) is 6.61 Å². The zero-order chi connectivity index (χ0) is 14.7. The smallest absolute Gasteiger partial charge is 0.330 e. The molecule has 1 aromatic carbocycles. The van der Waals surface area contributed by atoms with Gasteiger partial charge in [-0.1, -0.05) is 11.6 Å². The minimum absolute atomic E-state index is 0.321. The maximum absolute atomic E-state index is 11.5. The maximum atomic E-state index is 11.5. The van der Waals surface area contributed by atoms with Crippen LogP contribution in [0, 0.1) is 6.92 Å². The Labute approximate surface area is 123 Å². The van der Waals surface area contributed by atoms with Gasteiger partial charge < -0.3 is 9.30 Å². The Morgan fingerprint density at radius 2 is 2.15 bits per heavy atom. The number of carbonyl (C=O) groups is 1. The molecule has 0 aliphatic rings. The van der Waals surface area contributed by atoms with Crippen LogP contribution in [0.5, 0.6) is 0 Å². The molecule has 0 saturated heterocycles. The summed E-state index contributed by atoms with van der Waals surface area (Å²) in [7, 11) is 0. The summed E-state index contributed by atoms with van der Waals surface area (Å²) in [6, 6.07) is 5.85. The monoisotopic (exact) mass is 291 g/mol. The topological polar surface area (TPSA) is 31.2 Å². The van der Waals surface area contributed by atoms with E-state index in [1.165, 1.54) is 6.08 Å². The van der Waals surface area contributed by atoms with E-state index >= 15 is 0 Å². The average molecular weight is 292 g/mol. The Morgan fingerprint density at radius 3 is 2.80 bits per heavy atom. The van der Waals surface area contributed by atoms with Gasteiger partial charge in [-0.2, -0.15) is 0 Å². The molecule has 1 heterocycles. The third-order valence-electron chi connectivity index (χ3n) is 3.31. The highest BCUT2D eigenvalue weighted by Crippen LogP contribution is 2.29. The van der Waals surface area contributed by atoms with Crippen LogP contribution in [-0.4, -0.2) is 17.1 Å². The number of aryl methyl sites for hydroxylation is 2. The van der Waals surface area contributed by atoms with Crippen molar-refractivity contribution in [3.8, 4) is 0 Å². The molecule has 2 rings (SSSR count). The fraction of sp³-hybridized carbons (Fsp3) is 0.312. The molecule has 1 aromatic heterocycles. The lowest BCUT2D eigenvalue weighted by molar-refractivity contribution is -0.137. The summed E-state index contributed by atoms with van der Waals surface area (Å²) in [6.07, 6.45) is 3.28. The zero-order valence-electron chi connectivity index (χ0n) is 11.9. The average Bonchev–Trinajstić information content (AvgIpc) is 2.69. The molecule has 0 atom stereocenters. The van der Waals surface area contributed by atoms with Gasteiger partial charge in [-0.25, -0.2) is 4.79 Å². The molecule has 2 aromatic rings. The fourth-order valence-electron chi connectivity index (χ4n) is 2.41. The Morgan fingerprint density at radius 1 is 1.40 bits per heavy atom. The van der Waals surface area contributed by atoms with Gasteiger partial charge in [0.15, 0.2) is 0 Å². The number of hydrogen-bond acceptors (Lipinski definition) is 2. The maximum Gasteiger partial charge on any atom is 0.330 e. The van der Waals surface area contributed by atoms with Crippen molar-refractivity contribution in [1.82, 2.24) is 4.57 Å². The lowest BCUT2D eigenvalue weighted by Crippen LogP contribution is -2.01. The minimum Gasteiger partial charge on any atom is -0.463 e. The van der Waals surface area contributed by atoms with Crippen molar-refractivity contribution in [3.05, 3.63) is 40.6 Å². The first-order valence-corrected chi connectivity index (χ1v) is 7.09. The van der Waals surface area contributed by atoms with Gasteiger partial charge in [0.25, 0.3) is 0 Å². The largest absolute Gasteiger partial charge is 0.463 e. The van der Waals surface area contributed by atoms with Gasteiger partial charge in [0, 0.05) is 34.2 Å². The number of nitrogens with zero attached hydrogens (tertiary/aromatic N) is 1. The highest BCUT2D eigenvalue weighted by Gasteiger charge is 2.11. The predicted octanol–water partition coefficient (Wildman–Crippen LogP) is 4.20. The van der Waals surface area contributed by atoms with E-state index in [0.29, 0.717) is 6.61 Å². The number of halogens is 1. The van der Waals surface area contributed by atoms with E-state index in [-0.39, 0.29) is 5.97 Å². The predicted molar refractivity (Wildman–Crippen MR) is 83.0 cm³/mol. The van der Waals surface area contributed by atoms with Gasteiger partial charge in [0.2, 0.25) is 0 Å². The molecule has 20 heavy (non-hydrogen) atoms. The Hall–Kier alpha value is -1.74. The first-order valence-electron chi connectivity index (χ1n) is 6.71. The van der Waals surface area contributed by atoms with Crippen LogP contribution in [0.2, 0.25) is 5.02 Å². The summed E-state index contributed by atoms with van der Waals surface area (Å²) in [6.45, 7) is 7.12. The Kier molecular flexibility index (Phi) is 4.50. The number of esters is 1. The fourth-order valence-corrected chi connectivity index (χ4v) is 2.58. The second kappa shape index (κ2) is 6.14. The highest BCUT2D eigenvalue weighted by molar-refractivity contribution is 6.31. The van der Waals surface area contributed by atoms with E-state index < -0.39 is 0 Å². The van der Waals surface area contributed by atoms with E-state index in [1.807, 2.05) is 31.2 Å². The molecule has 3 nitrogen and oxygen atoms in total. The van der Waals surface area contributed by atoms with Gasteiger partial charge in [0.1, 0.15) is 0 Å². The first kappa shape index (κ1) is 14.7. The number of fused-ring (bicyclic) bond motifs is 1. The SMILES string of the molecule is CCOC(=O)/C=C/c1c(C)c2cc(Cl)ccc2n1CC. The van der Waals surface area contributed by atoms with Gasteiger partial charge in [-0.3, -0.25) is 0 Å². The molecule has 106 valence electrons. The summed E-state index contributed by atoms with van der Waals surface area (Å²) in [5, 5.41) is 1.83. The summed E-state index contributed by atoms with van der Waals surface area (Å²) in [4.78, 5) is 11.5. The van der Waals surface area contributed by atoms with Crippen LogP contribution in [0.4, 0.5) is 0 Å². The van der Waals surface area contributed by atoms with Crippen molar-refractivity contribution >= 4 is 34.5 Å². The molecule has 0 N–H and O–H groups in total. The normalized spacial score (nSPS) is 11.4. The zero-order valence-corrected chi connectivity index (χ0v) is 12.7. The first-order chi connectivity index (χ1) is 9.58. The molecule has 0 aliphatic carbocycles. The van der Waals surface area contributed by atoms with E-state index in [2.05, 4.69) is 11.5 Å². The van der Waals surface area contributed by atoms with E-state index in [0.717, 1.165) is 33.7 Å². The standard InChI is InChI=1S/C16H18ClNO2/c1-4-18-14(8-9-16(19)20-5-2)11(3)13-10-12(17)6-7-15(13)18/h6-10H,4-5H2,1-3H3/b9-8+. The van der Waals surface area contributed by atoms with Crippen LogP contribution in [-0.2, 0) is 16.1 Å². The van der Waals surface area contributed by atoms with E-state index in [1.54, 1.807) is 6.92 Å². The summed E-state index contributed by atoms with van der Waals surface area (Å²) in [5.41, 5.74) is 3.25. The molecule has 4 heteroatoms. The number of aromatic nitrogens is 1. The Balaban J connectivity index is 2.52. The number of benzene rings is 1. The van der Waals surface area contributed by atoms with E-state index in [9.17, 15) is 4.79 Å². The van der Waals surface area contributed by atoms with Gasteiger partial charge in [-0.05, 0) is 50.6 Å². The number of rotatable bonds is 4. The number of carbonyl (C=O) groups excluding carboxylic acids is 1. The quantitative estimate of drug-likeness (QED) is 0.624. The van der Waals surface area contributed by atoms with E-state index in [4.69, 9.17) is 16.3 Å². The molecule has 0 spiro atoms. The van der Waals surface area contributed by atoms with Gasteiger partial charge >= 0.3 is 5.97 Å². The molecule has 0 aliphatic heterocycles. The van der Waals surface area contributed by atoms with Gasteiger partial charge in [0.05, 0.1) is 6.61 Å². The molecule has 0 amide bonds. The van der Waals surface area contributed by atoms with Crippen molar-refractivity contribution in [2.45, 2.75) is 27.3 Å². The van der Waals surface area contributed by atoms with Crippen LogP contribution in [0.25, 0.3) is 17.0 Å². The molecular weight excluding hydrogens is 274 g/mol. The molecule has 0 unspecified atom stereocenters. The third-order valence-corrected chi connectivity index (χ3v) is 3.54. The van der Waals surface area contributed by atoms with Crippen LogP contribution in [0.3, 0.4) is 0 Å². The van der Waals surface area contributed by atoms with Crippen molar-refractivity contribution < 1.29 is 9.53 Å². The molecule has 0 fully saturated rings. The molecule has 0 bridgehead atoms. The summed E-state index contributed by atoms with van der Waals surface area (Å²) < 4.78 is 7.08. The minimum atomic E-state index is -0.321. The van der Waals surface area contributed by atoms with Crippen molar-refractivity contribution in [1.29, 1.82) is 0 Å². The van der Waals surface area contributed by atoms with Crippen LogP contribution >= 0.6 is 11.6 Å². The van der Waals surface area contributed by atoms with Crippen LogP contribution in [0.1, 0.15) is 25.1 Å². The molecule has 0 saturated carbocycles. The second-order valence-corrected chi connectivity index (χ2v) is 4.94. The van der Waals surface area contributed by atoms with Gasteiger partial charge in [-0.15, -0.1) is 0 Å². The summed E-state index contributed by atoms with van der Waals surface area (Å²) >= 11 is 6.06. The second-order valence-electron chi connectivity index (χ2n) is 4.50. The number of ether oxygens (including phenoxy) is 1. The summed E-state index contributed by atoms with van der Waals surface area (Å²) in [5.74, 6) is -0.321. The Bertz CT molecular complexity index is 671. The van der Waals surface area contributed by atoms with Crippen LogP contribution in [0.15, 0.2) is 24.3 Å². The lowest BCUT2D eigenvalue weighted by atomic mass is 10.1. The third kappa shape index (κ3) is 2.73. The number of hydrogen-bond donors (Lipinski definition) is 0. The van der Waals surface area contributed by atoms with Crippen LogP contribution < -0.4 is 0 Å². The molecule has 0 radical (unpaired) electrons. The lowest BCUT2D eigenvalue weighted by Gasteiger charge is -2.04. The van der Waals surface area contributed by atoms with Crippen molar-refractivity contribution in [3.63, 3.8) is 0 Å².